The highest BCUT2D eigenvalue weighted by atomic mass is 35.5. The number of rotatable bonds is 8. The smallest absolute Gasteiger partial charge is 0.293 e. The van der Waals surface area contributed by atoms with E-state index >= 15 is 8.78 Å². The summed E-state index contributed by atoms with van der Waals surface area (Å²) in [5, 5.41) is 11.7. The lowest BCUT2D eigenvalue weighted by molar-refractivity contribution is -0.123. The molecule has 3 heterocycles. The van der Waals surface area contributed by atoms with E-state index in [-0.39, 0.29) is 35.5 Å². The summed E-state index contributed by atoms with van der Waals surface area (Å²) in [7, 11) is 1.67. The van der Waals surface area contributed by atoms with Crippen molar-refractivity contribution in [3.8, 4) is 23.0 Å². The maximum atomic E-state index is 15.3. The normalized spacial score (nSPS) is 17.8. The van der Waals surface area contributed by atoms with Gasteiger partial charge < -0.3 is 11.1 Å². The molecule has 15 heteroatoms. The molecule has 5 aromatic rings. The Kier molecular flexibility index (Phi) is 8.56. The monoisotopic (exact) mass is 739 g/mol. The summed E-state index contributed by atoms with van der Waals surface area (Å²) in [6, 6.07) is 8.44. The number of aromatic nitrogens is 5. The molecule has 3 N–H and O–H groups in total. The van der Waals surface area contributed by atoms with Crippen LogP contribution >= 0.6 is 11.6 Å². The molecule has 3 atom stereocenters. The minimum atomic E-state index is -3.45. The van der Waals surface area contributed by atoms with Crippen molar-refractivity contribution >= 4 is 34.2 Å². The minimum Gasteiger partial charge on any atom is -0.382 e. The van der Waals surface area contributed by atoms with Crippen molar-refractivity contribution in [3.05, 3.63) is 93.0 Å². The number of nitrogen functional groups attached to an aromatic ring is 1. The van der Waals surface area contributed by atoms with Gasteiger partial charge in [-0.1, -0.05) is 23.6 Å². The first-order valence-electron chi connectivity index (χ1n) is 16.4. The lowest BCUT2D eigenvalue weighted by atomic mass is 9.93. The van der Waals surface area contributed by atoms with Crippen LogP contribution in [0.1, 0.15) is 79.5 Å². The molecule has 0 bridgehead atoms. The van der Waals surface area contributed by atoms with Crippen molar-refractivity contribution < 1.29 is 31.1 Å². The van der Waals surface area contributed by atoms with E-state index < -0.39 is 71.1 Å². The number of fused-ring (bicyclic) bond motifs is 4. The number of nitrogens with two attached hydrogens (primary N) is 1. The van der Waals surface area contributed by atoms with Gasteiger partial charge in [0.05, 0.1) is 27.7 Å². The number of aryl methyl sites for hydroxylation is 1. The number of nitrogens with zero attached hydrogens (tertiary/aromatic N) is 5. The zero-order chi connectivity index (χ0) is 37.4. The molecule has 270 valence electrons. The second-order valence-electron chi connectivity index (χ2n) is 14.2. The summed E-state index contributed by atoms with van der Waals surface area (Å²) in [5.41, 5.74) is 6.27. The number of benzene rings is 2. The fraction of sp³-hybridized carbons (Fsp3) is 0.351. The highest BCUT2D eigenvalue weighted by Gasteiger charge is 2.67. The molecule has 0 spiro atoms. The molecule has 1 saturated carbocycles. The number of hydrogen-bond acceptors (Lipinski definition) is 5. The maximum Gasteiger partial charge on any atom is 0.293 e. The predicted molar refractivity (Wildman–Crippen MR) is 183 cm³/mol. The van der Waals surface area contributed by atoms with Crippen molar-refractivity contribution in [2.24, 2.45) is 18.4 Å². The third kappa shape index (κ3) is 6.35. The minimum absolute atomic E-state index is 0.0626. The van der Waals surface area contributed by atoms with Crippen LogP contribution in [-0.2, 0) is 30.7 Å². The van der Waals surface area contributed by atoms with Gasteiger partial charge in [0.1, 0.15) is 35.3 Å². The molecule has 0 unspecified atom stereocenters. The van der Waals surface area contributed by atoms with Crippen LogP contribution in [0.2, 0.25) is 5.02 Å². The van der Waals surface area contributed by atoms with Crippen molar-refractivity contribution in [1.29, 1.82) is 0 Å². The molecule has 0 aliphatic heterocycles. The summed E-state index contributed by atoms with van der Waals surface area (Å²) in [6.45, 7) is 4.89. The number of pyridine rings is 1. The SMILES string of the molecule is Cn1nc(N)c2c(Cl)ccc(-c3ccc(C#CC(C)(C)C)nc3[C@H](Cc3cc(F)cc(F)c3)NC(=O)Cn3nc(C(F)F)c4c3C(F)(F)[C@@H]3C[C@H]43)c21. The Balaban J connectivity index is 1.37. The van der Waals surface area contributed by atoms with Crippen molar-refractivity contribution in [3.63, 3.8) is 0 Å². The predicted octanol–water partition coefficient (Wildman–Crippen LogP) is 7.99. The zero-order valence-electron chi connectivity index (χ0n) is 28.3. The van der Waals surface area contributed by atoms with Crippen molar-refractivity contribution in [1.82, 2.24) is 29.9 Å². The fourth-order valence-corrected chi connectivity index (χ4v) is 7.30. The Hall–Kier alpha value is -5.03. The number of alkyl halides is 4. The third-order valence-corrected chi connectivity index (χ3v) is 9.55. The Bertz CT molecular complexity index is 2310. The van der Waals surface area contributed by atoms with E-state index in [4.69, 9.17) is 22.3 Å². The highest BCUT2D eigenvalue weighted by Crippen LogP contribution is 2.68. The molecule has 2 aliphatic rings. The molecule has 2 aromatic carbocycles. The van der Waals surface area contributed by atoms with Crippen LogP contribution in [0.4, 0.5) is 32.2 Å². The topological polar surface area (TPSA) is 104 Å². The molecular weight excluding hydrogens is 708 g/mol. The van der Waals surface area contributed by atoms with Crippen LogP contribution in [0.15, 0.2) is 42.5 Å². The number of nitrogens with one attached hydrogen (secondary N) is 1. The second kappa shape index (κ2) is 12.6. The summed E-state index contributed by atoms with van der Waals surface area (Å²) >= 11 is 6.52. The van der Waals surface area contributed by atoms with Crippen LogP contribution in [0.25, 0.3) is 22.0 Å². The van der Waals surface area contributed by atoms with Crippen LogP contribution in [0.3, 0.4) is 0 Å². The largest absolute Gasteiger partial charge is 0.382 e. The molecule has 7 rings (SSSR count). The van der Waals surface area contributed by atoms with Crippen LogP contribution in [0.5, 0.6) is 0 Å². The number of halogens is 7. The molecule has 2 aliphatic carbocycles. The quantitative estimate of drug-likeness (QED) is 0.124. The Morgan fingerprint density at radius 1 is 1.08 bits per heavy atom. The summed E-state index contributed by atoms with van der Waals surface area (Å²) < 4.78 is 89.7. The first-order chi connectivity index (χ1) is 24.4. The van der Waals surface area contributed by atoms with Gasteiger partial charge in [0.2, 0.25) is 5.91 Å². The summed E-state index contributed by atoms with van der Waals surface area (Å²) in [5.74, 6) is -1.62. The van der Waals surface area contributed by atoms with Gasteiger partial charge in [0, 0.05) is 41.1 Å². The van der Waals surface area contributed by atoms with Gasteiger partial charge in [0.25, 0.3) is 12.3 Å². The van der Waals surface area contributed by atoms with Gasteiger partial charge in [-0.25, -0.2) is 22.5 Å². The standard InChI is InChI=1S/C37H32ClF6N7O/c1-36(2,3)10-9-20-5-6-21(22-7-8-25(38)29-32(22)50(4)49-35(29)45)30(46-20)26(13-17-11-18(39)14-19(40)12-17)47-27(52)16-51-33-28(31(48-51)34(41)42)23-15-24(23)37(33,43)44/h5-8,11-12,14,23-24,26,34H,13,15-16H2,1-4H3,(H2,45,49)(H,47,52)/t23-,24+,26-/m0/s1. The third-order valence-electron chi connectivity index (χ3n) is 9.23. The van der Waals surface area contributed by atoms with E-state index in [0.717, 1.165) is 12.1 Å². The lowest BCUT2D eigenvalue weighted by Crippen LogP contribution is -2.35. The van der Waals surface area contributed by atoms with E-state index in [1.165, 1.54) is 4.68 Å². The number of anilines is 1. The van der Waals surface area contributed by atoms with Gasteiger partial charge in [-0.2, -0.15) is 19.0 Å². The lowest BCUT2D eigenvalue weighted by Gasteiger charge is -2.23. The molecule has 8 nitrogen and oxygen atoms in total. The highest BCUT2D eigenvalue weighted by molar-refractivity contribution is 6.37. The van der Waals surface area contributed by atoms with Crippen LogP contribution in [-0.4, -0.2) is 30.5 Å². The molecule has 0 saturated heterocycles. The zero-order valence-corrected chi connectivity index (χ0v) is 29.1. The van der Waals surface area contributed by atoms with Gasteiger partial charge in [0.15, 0.2) is 5.82 Å². The van der Waals surface area contributed by atoms with E-state index in [9.17, 15) is 22.4 Å². The first-order valence-corrected chi connectivity index (χ1v) is 16.8. The van der Waals surface area contributed by atoms with Crippen molar-refractivity contribution in [2.45, 2.75) is 64.5 Å². The van der Waals surface area contributed by atoms with E-state index in [1.54, 1.807) is 31.3 Å². The molecule has 3 aromatic heterocycles. The second-order valence-corrected chi connectivity index (χ2v) is 14.6. The Morgan fingerprint density at radius 3 is 2.44 bits per heavy atom. The van der Waals surface area contributed by atoms with Crippen molar-refractivity contribution in [2.75, 3.05) is 5.73 Å². The van der Waals surface area contributed by atoms with E-state index in [1.807, 2.05) is 20.8 Å². The first kappa shape index (κ1) is 35.4. The summed E-state index contributed by atoms with van der Waals surface area (Å²) in [4.78, 5) is 18.7. The van der Waals surface area contributed by atoms with Crippen LogP contribution in [0, 0.1) is 34.8 Å². The molecule has 1 amide bonds. The molecule has 1 fully saturated rings. The van der Waals surface area contributed by atoms with Crippen LogP contribution < -0.4 is 11.1 Å². The van der Waals surface area contributed by atoms with Gasteiger partial charge in [-0.3, -0.25) is 14.2 Å². The average Bonchev–Trinajstić information content (AvgIpc) is 3.60. The number of hydrogen-bond donors (Lipinski definition) is 2. The average molecular weight is 740 g/mol. The number of carbonyl (C=O) groups is 1. The Morgan fingerprint density at radius 2 is 1.77 bits per heavy atom. The van der Waals surface area contributed by atoms with E-state index in [2.05, 4.69) is 27.4 Å². The van der Waals surface area contributed by atoms with E-state index in [0.29, 0.717) is 43.5 Å². The number of amides is 1. The number of carbonyl (C=O) groups excluding carboxylic acids is 1. The molecular formula is C37H32ClF6N7O. The molecule has 52 heavy (non-hydrogen) atoms. The Labute approximate surface area is 299 Å². The molecule has 0 radical (unpaired) electrons. The fourth-order valence-electron chi connectivity index (χ4n) is 7.05. The van der Waals surface area contributed by atoms with Gasteiger partial charge in [-0.05, 0) is 81.3 Å². The summed E-state index contributed by atoms with van der Waals surface area (Å²) in [6.07, 6.45) is -3.28. The van der Waals surface area contributed by atoms with Gasteiger partial charge in [-0.15, -0.1) is 0 Å². The van der Waals surface area contributed by atoms with Gasteiger partial charge >= 0.3 is 0 Å². The maximum absolute atomic E-state index is 15.3.